The molecule has 2 aromatic rings. The molecule has 0 bridgehead atoms. The van der Waals surface area contributed by atoms with E-state index >= 15 is 0 Å². The fourth-order valence-electron chi connectivity index (χ4n) is 2.11. The van der Waals surface area contributed by atoms with Crippen LogP contribution >= 0.6 is 0 Å². The van der Waals surface area contributed by atoms with Crippen molar-refractivity contribution < 1.29 is 8.78 Å². The van der Waals surface area contributed by atoms with Crippen LogP contribution in [0.1, 0.15) is 23.0 Å². The van der Waals surface area contributed by atoms with Crippen molar-refractivity contribution in [1.29, 1.82) is 0 Å². The molecule has 0 aliphatic carbocycles. The summed E-state index contributed by atoms with van der Waals surface area (Å²) in [5.41, 5.74) is 1.53. The third kappa shape index (κ3) is 2.87. The summed E-state index contributed by atoms with van der Waals surface area (Å²) in [6.07, 6.45) is 11.1. The molecule has 0 N–H and O–H groups in total. The predicted octanol–water partition coefficient (Wildman–Crippen LogP) is 4.10. The van der Waals surface area contributed by atoms with Gasteiger partial charge in [0.15, 0.2) is 0 Å². The van der Waals surface area contributed by atoms with E-state index in [2.05, 4.69) is 11.8 Å². The van der Waals surface area contributed by atoms with E-state index < -0.39 is 0 Å². The fourth-order valence-corrected chi connectivity index (χ4v) is 2.11. The van der Waals surface area contributed by atoms with E-state index in [0.29, 0.717) is 0 Å². The highest BCUT2D eigenvalue weighted by Gasteiger charge is 2.21. The van der Waals surface area contributed by atoms with Gasteiger partial charge in [-0.3, -0.25) is 0 Å². The quantitative estimate of drug-likeness (QED) is 0.734. The first-order valence-corrected chi connectivity index (χ1v) is 6.09. The zero-order valence-corrected chi connectivity index (χ0v) is 10.7. The number of hydrogen-bond acceptors (Lipinski definition) is 0. The lowest BCUT2D eigenvalue weighted by Crippen LogP contribution is -2.08. The maximum atomic E-state index is 13.0. The smallest absolute Gasteiger partial charge is 0.123 e. The van der Waals surface area contributed by atoms with Gasteiger partial charge in [0.2, 0.25) is 0 Å². The highest BCUT2D eigenvalue weighted by Crippen LogP contribution is 2.32. The zero-order valence-electron chi connectivity index (χ0n) is 10.7. The van der Waals surface area contributed by atoms with Crippen LogP contribution in [0, 0.1) is 36.3 Å². The van der Waals surface area contributed by atoms with Crippen molar-refractivity contribution in [3.8, 4) is 24.7 Å². The summed E-state index contributed by atoms with van der Waals surface area (Å²) in [7, 11) is 0. The van der Waals surface area contributed by atoms with Crippen molar-refractivity contribution in [2.45, 2.75) is 11.8 Å². The molecular weight excluding hydrogens is 254 g/mol. The molecule has 2 atom stereocenters. The maximum Gasteiger partial charge on any atom is 0.123 e. The Balaban J connectivity index is 2.38. The van der Waals surface area contributed by atoms with Gasteiger partial charge >= 0.3 is 0 Å². The van der Waals surface area contributed by atoms with E-state index in [1.807, 2.05) is 0 Å². The molecule has 2 rings (SSSR count). The highest BCUT2D eigenvalue weighted by molar-refractivity contribution is 5.39. The number of terminal acetylenes is 2. The van der Waals surface area contributed by atoms with Crippen LogP contribution in [0.2, 0.25) is 0 Å². The van der Waals surface area contributed by atoms with Crippen LogP contribution in [0.5, 0.6) is 0 Å². The highest BCUT2D eigenvalue weighted by atomic mass is 19.1. The Labute approximate surface area is 117 Å². The second-order valence-corrected chi connectivity index (χ2v) is 4.39. The summed E-state index contributed by atoms with van der Waals surface area (Å²) in [5.74, 6) is 3.86. The van der Waals surface area contributed by atoms with Crippen LogP contribution in [-0.4, -0.2) is 0 Å². The summed E-state index contributed by atoms with van der Waals surface area (Å²) in [5, 5.41) is 0. The molecule has 0 aliphatic heterocycles. The summed E-state index contributed by atoms with van der Waals surface area (Å²) in [4.78, 5) is 0. The maximum absolute atomic E-state index is 13.0. The molecule has 0 nitrogen and oxygen atoms in total. The van der Waals surface area contributed by atoms with Crippen LogP contribution in [0.4, 0.5) is 8.78 Å². The van der Waals surface area contributed by atoms with Gasteiger partial charge < -0.3 is 0 Å². The monoisotopic (exact) mass is 266 g/mol. The van der Waals surface area contributed by atoms with Gasteiger partial charge in [-0.1, -0.05) is 36.1 Å². The van der Waals surface area contributed by atoms with Gasteiger partial charge in [-0.25, -0.2) is 8.78 Å². The molecule has 98 valence electrons. The van der Waals surface area contributed by atoms with E-state index in [1.54, 1.807) is 24.3 Å². The van der Waals surface area contributed by atoms with E-state index in [-0.39, 0.29) is 23.5 Å². The van der Waals surface area contributed by atoms with E-state index in [9.17, 15) is 8.78 Å². The van der Waals surface area contributed by atoms with Gasteiger partial charge in [-0.05, 0) is 35.4 Å². The second kappa shape index (κ2) is 6.04. The molecule has 2 aromatic carbocycles. The van der Waals surface area contributed by atoms with Crippen molar-refractivity contribution in [1.82, 2.24) is 0 Å². The molecule has 0 saturated carbocycles. The zero-order chi connectivity index (χ0) is 14.5. The van der Waals surface area contributed by atoms with Gasteiger partial charge in [0, 0.05) is 0 Å². The minimum absolute atomic E-state index is 0.330. The third-order valence-corrected chi connectivity index (χ3v) is 3.15. The summed E-state index contributed by atoms with van der Waals surface area (Å²) < 4.78 is 25.9. The van der Waals surface area contributed by atoms with Crippen LogP contribution in [-0.2, 0) is 0 Å². The third-order valence-electron chi connectivity index (χ3n) is 3.15. The predicted molar refractivity (Wildman–Crippen MR) is 75.9 cm³/mol. The molecule has 20 heavy (non-hydrogen) atoms. The Morgan fingerprint density at radius 1 is 0.650 bits per heavy atom. The van der Waals surface area contributed by atoms with E-state index in [1.165, 1.54) is 24.3 Å². The van der Waals surface area contributed by atoms with Crippen molar-refractivity contribution in [3.05, 3.63) is 71.3 Å². The molecular formula is C18H12F2. The minimum Gasteiger partial charge on any atom is -0.207 e. The van der Waals surface area contributed by atoms with E-state index in [0.717, 1.165) is 11.1 Å². The summed E-state index contributed by atoms with van der Waals surface area (Å²) in [6, 6.07) is 11.9. The first-order chi connectivity index (χ1) is 9.65. The number of benzene rings is 2. The molecule has 0 aromatic heterocycles. The number of hydrogen-bond donors (Lipinski definition) is 0. The Kier molecular flexibility index (Phi) is 4.18. The minimum atomic E-state index is -0.383. The molecule has 0 radical (unpaired) electrons. The standard InChI is InChI=1S/C18H12F2/c1-3-17(13-5-9-15(19)10-6-13)18(4-2)14-7-11-16(20)12-8-14/h1-2,5-12,17-18H/t17-,18-/m0/s1. The first-order valence-electron chi connectivity index (χ1n) is 6.09. The number of rotatable bonds is 3. The molecule has 0 unspecified atom stereocenters. The van der Waals surface area contributed by atoms with Crippen molar-refractivity contribution in [2.24, 2.45) is 0 Å². The van der Waals surface area contributed by atoms with Crippen molar-refractivity contribution in [2.75, 3.05) is 0 Å². The Bertz CT molecular complexity index is 593. The van der Waals surface area contributed by atoms with Gasteiger partial charge in [0.1, 0.15) is 11.6 Å². The normalized spacial score (nSPS) is 13.0. The van der Waals surface area contributed by atoms with Crippen LogP contribution in [0.3, 0.4) is 0 Å². The molecule has 0 aliphatic rings. The van der Waals surface area contributed by atoms with Gasteiger partial charge in [-0.15, -0.1) is 12.8 Å². The van der Waals surface area contributed by atoms with E-state index in [4.69, 9.17) is 12.8 Å². The topological polar surface area (TPSA) is 0 Å². The molecule has 0 spiro atoms. The molecule has 0 fully saturated rings. The Morgan fingerprint density at radius 2 is 0.950 bits per heavy atom. The van der Waals surface area contributed by atoms with Crippen LogP contribution in [0.25, 0.3) is 0 Å². The lowest BCUT2D eigenvalue weighted by molar-refractivity contribution is 0.624. The van der Waals surface area contributed by atoms with Crippen LogP contribution < -0.4 is 0 Å². The summed E-state index contributed by atoms with van der Waals surface area (Å²) >= 11 is 0. The molecule has 0 amide bonds. The molecule has 0 heterocycles. The largest absolute Gasteiger partial charge is 0.207 e. The first kappa shape index (κ1) is 13.8. The SMILES string of the molecule is C#C[C@@H](c1ccc(F)cc1)[C@@H](C#C)c1ccc(F)cc1. The fraction of sp³-hybridized carbons (Fsp3) is 0.111. The summed E-state index contributed by atoms with van der Waals surface area (Å²) in [6.45, 7) is 0. The van der Waals surface area contributed by atoms with Crippen molar-refractivity contribution in [3.63, 3.8) is 0 Å². The average Bonchev–Trinajstić information content (AvgIpc) is 2.47. The second-order valence-electron chi connectivity index (χ2n) is 4.39. The molecule has 0 saturated heterocycles. The average molecular weight is 266 g/mol. The van der Waals surface area contributed by atoms with Gasteiger partial charge in [0.05, 0.1) is 11.8 Å². The van der Waals surface area contributed by atoms with Crippen molar-refractivity contribution >= 4 is 0 Å². The Hall–Kier alpha value is -2.58. The lowest BCUT2D eigenvalue weighted by atomic mass is 9.82. The van der Waals surface area contributed by atoms with Gasteiger partial charge in [0.25, 0.3) is 0 Å². The lowest BCUT2D eigenvalue weighted by Gasteiger charge is -2.19. The molecule has 2 heteroatoms. The van der Waals surface area contributed by atoms with Gasteiger partial charge in [-0.2, -0.15) is 0 Å². The Morgan fingerprint density at radius 3 is 1.20 bits per heavy atom. The van der Waals surface area contributed by atoms with Crippen LogP contribution in [0.15, 0.2) is 48.5 Å². The number of halogens is 2.